The van der Waals surface area contributed by atoms with Gasteiger partial charge in [-0.3, -0.25) is 9.59 Å². The van der Waals surface area contributed by atoms with E-state index in [0.29, 0.717) is 32.5 Å². The van der Waals surface area contributed by atoms with Gasteiger partial charge in [-0.1, -0.05) is 13.3 Å². The first-order valence-corrected chi connectivity index (χ1v) is 9.82. The van der Waals surface area contributed by atoms with Crippen LogP contribution in [-0.2, 0) is 19.1 Å². The molecule has 1 rings (SSSR count). The first-order valence-electron chi connectivity index (χ1n) is 9.82. The molecule has 0 aromatic heterocycles. The number of piperidine rings is 1. The number of rotatable bonds is 8. The number of carbonyl (C=O) groups excluding carboxylic acids is 3. The molecule has 0 aromatic rings. The molecule has 3 N–H and O–H groups in total. The number of hydrogen-bond donors (Lipinski definition) is 2. The maximum Gasteiger partial charge on any atom is 0.407 e. The van der Waals surface area contributed by atoms with E-state index in [1.807, 2.05) is 6.92 Å². The summed E-state index contributed by atoms with van der Waals surface area (Å²) >= 11 is 0. The van der Waals surface area contributed by atoms with Crippen molar-refractivity contribution in [2.45, 2.75) is 83.9 Å². The Morgan fingerprint density at radius 2 is 1.85 bits per heavy atom. The van der Waals surface area contributed by atoms with Crippen molar-refractivity contribution in [3.05, 3.63) is 0 Å². The lowest BCUT2D eigenvalue weighted by atomic mass is 10.0. The third-order valence-electron chi connectivity index (χ3n) is 4.26. The van der Waals surface area contributed by atoms with Gasteiger partial charge in [0, 0.05) is 25.6 Å². The number of carbonyl (C=O) groups is 3. The Balaban J connectivity index is 2.29. The molecular formula is C19H35N3O5. The van der Waals surface area contributed by atoms with Crippen molar-refractivity contribution in [2.75, 3.05) is 19.7 Å². The second kappa shape index (κ2) is 11.1. The Morgan fingerprint density at radius 1 is 1.22 bits per heavy atom. The van der Waals surface area contributed by atoms with Gasteiger partial charge in [0.15, 0.2) is 0 Å². The summed E-state index contributed by atoms with van der Waals surface area (Å²) < 4.78 is 10.3. The van der Waals surface area contributed by atoms with Crippen LogP contribution in [0.15, 0.2) is 0 Å². The van der Waals surface area contributed by atoms with E-state index in [9.17, 15) is 14.4 Å². The zero-order chi connectivity index (χ0) is 20.4. The van der Waals surface area contributed by atoms with Gasteiger partial charge in [-0.2, -0.15) is 0 Å². The zero-order valence-electron chi connectivity index (χ0n) is 17.1. The van der Waals surface area contributed by atoms with Crippen molar-refractivity contribution in [1.82, 2.24) is 10.2 Å². The normalized spacial score (nSPS) is 16.6. The van der Waals surface area contributed by atoms with Gasteiger partial charge in [0.2, 0.25) is 5.91 Å². The summed E-state index contributed by atoms with van der Waals surface area (Å²) in [5.41, 5.74) is 5.41. The molecule has 27 heavy (non-hydrogen) atoms. The second-order valence-corrected chi connectivity index (χ2v) is 7.96. The molecule has 1 fully saturated rings. The summed E-state index contributed by atoms with van der Waals surface area (Å²) in [6.45, 7) is 8.91. The Morgan fingerprint density at radius 3 is 2.41 bits per heavy atom. The number of hydrogen-bond acceptors (Lipinski definition) is 6. The lowest BCUT2D eigenvalue weighted by Crippen LogP contribution is -2.51. The average molecular weight is 386 g/mol. The van der Waals surface area contributed by atoms with Crippen molar-refractivity contribution >= 4 is 18.0 Å². The lowest BCUT2D eigenvalue weighted by Gasteiger charge is -2.33. The number of unbranched alkanes of at least 4 members (excludes halogenated alkanes) is 1. The summed E-state index contributed by atoms with van der Waals surface area (Å²) in [5, 5.41) is 2.84. The van der Waals surface area contributed by atoms with Crippen molar-refractivity contribution in [2.24, 2.45) is 5.73 Å². The minimum atomic E-state index is -0.721. The van der Waals surface area contributed by atoms with Gasteiger partial charge in [0.1, 0.15) is 5.60 Å². The Hall–Kier alpha value is -1.83. The molecule has 0 bridgehead atoms. The van der Waals surface area contributed by atoms with Gasteiger partial charge in [-0.25, -0.2) is 4.79 Å². The molecule has 1 heterocycles. The highest BCUT2D eigenvalue weighted by Crippen LogP contribution is 2.14. The SMILES string of the molecule is CCCCOC(=O)NC1CCN(C(=O)C(N)CCC(=O)OC(C)(C)C)CC1. The molecule has 156 valence electrons. The minimum Gasteiger partial charge on any atom is -0.460 e. The lowest BCUT2D eigenvalue weighted by molar-refractivity contribution is -0.155. The van der Waals surface area contributed by atoms with Crippen LogP contribution in [0.25, 0.3) is 0 Å². The number of nitrogens with zero attached hydrogens (tertiary/aromatic N) is 1. The molecule has 1 unspecified atom stereocenters. The third-order valence-corrected chi connectivity index (χ3v) is 4.26. The van der Waals surface area contributed by atoms with Crippen LogP contribution >= 0.6 is 0 Å². The summed E-state index contributed by atoms with van der Waals surface area (Å²) in [4.78, 5) is 37.6. The largest absolute Gasteiger partial charge is 0.460 e. The van der Waals surface area contributed by atoms with Gasteiger partial charge >= 0.3 is 12.1 Å². The summed E-state index contributed by atoms with van der Waals surface area (Å²) in [6.07, 6.45) is 3.12. The number of nitrogens with one attached hydrogen (secondary N) is 1. The summed E-state index contributed by atoms with van der Waals surface area (Å²) in [5.74, 6) is -0.516. The molecule has 1 aliphatic heterocycles. The van der Waals surface area contributed by atoms with Crippen LogP contribution in [0, 0.1) is 0 Å². The Kier molecular flexibility index (Phi) is 9.55. The second-order valence-electron chi connectivity index (χ2n) is 7.96. The predicted molar refractivity (Wildman–Crippen MR) is 102 cm³/mol. The van der Waals surface area contributed by atoms with E-state index in [1.165, 1.54) is 0 Å². The van der Waals surface area contributed by atoms with Crippen LogP contribution in [0.2, 0.25) is 0 Å². The van der Waals surface area contributed by atoms with Crippen LogP contribution < -0.4 is 11.1 Å². The van der Waals surface area contributed by atoms with E-state index in [0.717, 1.165) is 12.8 Å². The maximum absolute atomic E-state index is 12.4. The molecule has 0 saturated carbocycles. The Labute approximate surface area is 162 Å². The zero-order valence-corrected chi connectivity index (χ0v) is 17.1. The topological polar surface area (TPSA) is 111 Å². The molecule has 0 aromatic carbocycles. The predicted octanol–water partition coefficient (Wildman–Crippen LogP) is 1.95. The number of amides is 2. The summed E-state index contributed by atoms with van der Waals surface area (Å²) in [7, 11) is 0. The van der Waals surface area contributed by atoms with Gasteiger partial charge in [-0.15, -0.1) is 0 Å². The van der Waals surface area contributed by atoms with Gasteiger partial charge in [0.05, 0.1) is 12.6 Å². The van der Waals surface area contributed by atoms with Gasteiger partial charge in [0.25, 0.3) is 0 Å². The highest BCUT2D eigenvalue weighted by atomic mass is 16.6. The quantitative estimate of drug-likeness (QED) is 0.488. The van der Waals surface area contributed by atoms with Crippen LogP contribution in [0.4, 0.5) is 4.79 Å². The fourth-order valence-corrected chi connectivity index (χ4v) is 2.79. The molecule has 0 radical (unpaired) electrons. The van der Waals surface area contributed by atoms with E-state index >= 15 is 0 Å². The Bertz CT molecular complexity index is 496. The third kappa shape index (κ3) is 9.60. The highest BCUT2D eigenvalue weighted by Gasteiger charge is 2.28. The molecule has 2 amide bonds. The molecule has 1 atom stereocenters. The van der Waals surface area contributed by atoms with E-state index in [-0.39, 0.29) is 30.8 Å². The highest BCUT2D eigenvalue weighted by molar-refractivity contribution is 5.82. The number of esters is 1. The van der Waals surface area contributed by atoms with Crippen LogP contribution in [-0.4, -0.2) is 60.3 Å². The average Bonchev–Trinajstić information content (AvgIpc) is 2.58. The molecule has 1 saturated heterocycles. The van der Waals surface area contributed by atoms with Gasteiger partial charge in [-0.05, 0) is 46.5 Å². The molecule has 1 aliphatic rings. The smallest absolute Gasteiger partial charge is 0.407 e. The fourth-order valence-electron chi connectivity index (χ4n) is 2.79. The molecular weight excluding hydrogens is 350 g/mol. The first-order chi connectivity index (χ1) is 12.6. The van der Waals surface area contributed by atoms with Crippen LogP contribution in [0.3, 0.4) is 0 Å². The fraction of sp³-hybridized carbons (Fsp3) is 0.842. The number of nitrogens with two attached hydrogens (primary N) is 1. The number of ether oxygens (including phenoxy) is 2. The molecule has 0 spiro atoms. The van der Waals surface area contributed by atoms with E-state index in [1.54, 1.807) is 25.7 Å². The van der Waals surface area contributed by atoms with E-state index < -0.39 is 17.7 Å². The van der Waals surface area contributed by atoms with E-state index in [2.05, 4.69) is 5.32 Å². The minimum absolute atomic E-state index is 0.00108. The van der Waals surface area contributed by atoms with Crippen LogP contribution in [0.5, 0.6) is 0 Å². The number of likely N-dealkylation sites (tertiary alicyclic amines) is 1. The van der Waals surface area contributed by atoms with Crippen LogP contribution in [0.1, 0.15) is 66.2 Å². The molecule has 0 aliphatic carbocycles. The molecule has 8 heteroatoms. The van der Waals surface area contributed by atoms with Crippen molar-refractivity contribution in [1.29, 1.82) is 0 Å². The van der Waals surface area contributed by atoms with E-state index in [4.69, 9.17) is 15.2 Å². The maximum atomic E-state index is 12.4. The standard InChI is InChI=1S/C19H35N3O5/c1-5-6-13-26-18(25)21-14-9-11-22(12-10-14)17(24)15(20)7-8-16(23)27-19(2,3)4/h14-15H,5-13,20H2,1-4H3,(H,21,25). The number of alkyl carbamates (subject to hydrolysis) is 1. The van der Waals surface area contributed by atoms with Gasteiger partial charge < -0.3 is 25.4 Å². The first kappa shape index (κ1) is 23.2. The van der Waals surface area contributed by atoms with Crippen molar-refractivity contribution < 1.29 is 23.9 Å². The van der Waals surface area contributed by atoms with Crippen molar-refractivity contribution in [3.8, 4) is 0 Å². The molecule has 8 nitrogen and oxygen atoms in total. The summed E-state index contributed by atoms with van der Waals surface area (Å²) in [6, 6.07) is -0.720. The monoisotopic (exact) mass is 385 g/mol. The van der Waals surface area contributed by atoms with Crippen molar-refractivity contribution in [3.63, 3.8) is 0 Å².